The van der Waals surface area contributed by atoms with Crippen LogP contribution in [0.15, 0.2) is 48.5 Å². The van der Waals surface area contributed by atoms with Gasteiger partial charge in [0, 0.05) is 12.2 Å². The van der Waals surface area contributed by atoms with Gasteiger partial charge in [-0.25, -0.2) is 9.18 Å². The van der Waals surface area contributed by atoms with Crippen LogP contribution < -0.4 is 4.90 Å². The second-order valence-electron chi connectivity index (χ2n) is 8.45. The average molecular weight is 431 g/mol. The smallest absolute Gasteiger partial charge is 0.410 e. The molecule has 0 bridgehead atoms. The van der Waals surface area contributed by atoms with Crippen molar-refractivity contribution in [1.29, 1.82) is 0 Å². The van der Waals surface area contributed by atoms with Crippen LogP contribution in [0.3, 0.4) is 0 Å². The largest absolute Gasteiger partial charge is 0.444 e. The molecule has 0 aliphatic carbocycles. The number of nitro benzene ring substituents is 1. The zero-order valence-corrected chi connectivity index (χ0v) is 17.7. The molecule has 1 aliphatic rings. The number of ether oxygens (including phenoxy) is 1. The lowest BCUT2D eigenvalue weighted by molar-refractivity contribution is -0.384. The van der Waals surface area contributed by atoms with Crippen molar-refractivity contribution in [1.82, 2.24) is 4.90 Å². The fourth-order valence-corrected chi connectivity index (χ4v) is 3.66. The summed E-state index contributed by atoms with van der Waals surface area (Å²) in [5, 5.41) is 22.6. The number of nitro groups is 1. The molecule has 166 valence electrons. The van der Waals surface area contributed by atoms with Crippen LogP contribution >= 0.6 is 0 Å². The van der Waals surface area contributed by atoms with Crippen LogP contribution in [0.1, 0.15) is 27.2 Å². The van der Waals surface area contributed by atoms with E-state index in [9.17, 15) is 24.4 Å². The molecule has 9 heteroatoms. The fraction of sp³-hybridized carbons (Fsp3) is 0.409. The molecule has 1 N–H and O–H groups in total. The Balaban J connectivity index is 1.94. The van der Waals surface area contributed by atoms with E-state index in [0.717, 1.165) is 12.1 Å². The Hall–Kier alpha value is -3.20. The monoisotopic (exact) mass is 431 g/mol. The summed E-state index contributed by atoms with van der Waals surface area (Å²) in [6.45, 7) is 5.60. The van der Waals surface area contributed by atoms with Gasteiger partial charge in [0.05, 0.1) is 29.7 Å². The van der Waals surface area contributed by atoms with Crippen LogP contribution in [0.5, 0.6) is 0 Å². The Labute approximate surface area is 180 Å². The number of aliphatic hydroxyl groups is 1. The van der Waals surface area contributed by atoms with Gasteiger partial charge in [0.2, 0.25) is 0 Å². The van der Waals surface area contributed by atoms with E-state index in [4.69, 9.17) is 4.74 Å². The lowest BCUT2D eigenvalue weighted by Crippen LogP contribution is -2.55. The van der Waals surface area contributed by atoms with E-state index in [-0.39, 0.29) is 12.2 Å². The highest BCUT2D eigenvalue weighted by molar-refractivity contribution is 5.73. The standard InChI is InChI=1S/C22H26FN3O5/c1-22(2,3)31-21(28)24-12-11-18(20(27)14-24)25(16-7-5-4-6-8-16)17-10-9-15(23)13-19(17)26(29)30/h4-10,13,18,20,27H,11-12,14H2,1-3H3. The van der Waals surface area contributed by atoms with Crippen molar-refractivity contribution in [2.45, 2.75) is 44.9 Å². The van der Waals surface area contributed by atoms with Gasteiger partial charge in [0.25, 0.3) is 5.69 Å². The number of halogens is 1. The van der Waals surface area contributed by atoms with Gasteiger partial charge in [-0.15, -0.1) is 0 Å². The number of nitrogens with zero attached hydrogens (tertiary/aromatic N) is 3. The molecule has 0 radical (unpaired) electrons. The van der Waals surface area contributed by atoms with Gasteiger partial charge in [-0.3, -0.25) is 10.1 Å². The Kier molecular flexibility index (Phi) is 6.45. The van der Waals surface area contributed by atoms with E-state index in [1.54, 1.807) is 49.9 Å². The number of carbonyl (C=O) groups is 1. The Morgan fingerprint density at radius 2 is 1.94 bits per heavy atom. The van der Waals surface area contributed by atoms with Crippen LogP contribution in [-0.4, -0.2) is 51.9 Å². The first-order chi connectivity index (χ1) is 14.6. The van der Waals surface area contributed by atoms with Crippen molar-refractivity contribution in [2.75, 3.05) is 18.0 Å². The van der Waals surface area contributed by atoms with E-state index in [1.807, 2.05) is 6.07 Å². The summed E-state index contributed by atoms with van der Waals surface area (Å²) in [4.78, 5) is 26.5. The van der Waals surface area contributed by atoms with E-state index in [2.05, 4.69) is 0 Å². The number of rotatable bonds is 4. The zero-order chi connectivity index (χ0) is 22.8. The summed E-state index contributed by atoms with van der Waals surface area (Å²) in [6.07, 6.45) is -1.20. The van der Waals surface area contributed by atoms with Gasteiger partial charge in [0.1, 0.15) is 17.1 Å². The Morgan fingerprint density at radius 1 is 1.26 bits per heavy atom. The van der Waals surface area contributed by atoms with Crippen LogP contribution in [0.25, 0.3) is 0 Å². The van der Waals surface area contributed by atoms with Crippen molar-refractivity contribution < 1.29 is 24.0 Å². The second-order valence-corrected chi connectivity index (χ2v) is 8.45. The molecule has 31 heavy (non-hydrogen) atoms. The zero-order valence-electron chi connectivity index (χ0n) is 17.7. The maximum atomic E-state index is 13.7. The molecule has 1 heterocycles. The number of likely N-dealkylation sites (tertiary alicyclic amines) is 1. The van der Waals surface area contributed by atoms with E-state index in [1.165, 1.54) is 11.0 Å². The SMILES string of the molecule is CC(C)(C)OC(=O)N1CCC(N(c2ccccc2)c2ccc(F)cc2[N+](=O)[O-])C(O)C1. The number of anilines is 2. The summed E-state index contributed by atoms with van der Waals surface area (Å²) >= 11 is 0. The number of piperidine rings is 1. The fourth-order valence-electron chi connectivity index (χ4n) is 3.66. The van der Waals surface area contributed by atoms with Crippen molar-refractivity contribution in [3.8, 4) is 0 Å². The average Bonchev–Trinajstić information content (AvgIpc) is 2.69. The van der Waals surface area contributed by atoms with E-state index < -0.39 is 40.3 Å². The summed E-state index contributed by atoms with van der Waals surface area (Å²) in [5.74, 6) is -0.719. The molecule has 1 saturated heterocycles. The predicted molar refractivity (Wildman–Crippen MR) is 114 cm³/mol. The number of amides is 1. The highest BCUT2D eigenvalue weighted by Gasteiger charge is 2.38. The van der Waals surface area contributed by atoms with Crippen LogP contribution in [0, 0.1) is 15.9 Å². The van der Waals surface area contributed by atoms with Crippen LogP contribution in [-0.2, 0) is 4.74 Å². The maximum absolute atomic E-state index is 13.7. The second kappa shape index (κ2) is 8.89. The third-order valence-corrected chi connectivity index (χ3v) is 4.96. The van der Waals surface area contributed by atoms with Crippen molar-refractivity contribution in [2.24, 2.45) is 0 Å². The third kappa shape index (κ3) is 5.29. The Morgan fingerprint density at radius 3 is 2.52 bits per heavy atom. The predicted octanol–water partition coefficient (Wildman–Crippen LogP) is 4.24. The van der Waals surface area contributed by atoms with Crippen molar-refractivity contribution >= 4 is 23.2 Å². The lowest BCUT2D eigenvalue weighted by atomic mass is 9.98. The number of carbonyl (C=O) groups excluding carboxylic acids is 1. The normalized spacial score (nSPS) is 19.1. The van der Waals surface area contributed by atoms with Gasteiger partial charge >= 0.3 is 6.09 Å². The van der Waals surface area contributed by atoms with Crippen molar-refractivity contribution in [3.63, 3.8) is 0 Å². The third-order valence-electron chi connectivity index (χ3n) is 4.96. The first kappa shape index (κ1) is 22.5. The summed E-state index contributed by atoms with van der Waals surface area (Å²) in [5.41, 5.74) is -0.270. The summed E-state index contributed by atoms with van der Waals surface area (Å²) in [6, 6.07) is 11.7. The van der Waals surface area contributed by atoms with Crippen LogP contribution in [0.4, 0.5) is 26.2 Å². The lowest BCUT2D eigenvalue weighted by Gasteiger charge is -2.42. The van der Waals surface area contributed by atoms with Gasteiger partial charge in [-0.2, -0.15) is 0 Å². The molecule has 8 nitrogen and oxygen atoms in total. The molecule has 1 aliphatic heterocycles. The quantitative estimate of drug-likeness (QED) is 0.575. The van der Waals surface area contributed by atoms with Crippen LogP contribution in [0.2, 0.25) is 0 Å². The molecule has 2 unspecified atom stereocenters. The summed E-state index contributed by atoms with van der Waals surface area (Å²) < 4.78 is 19.1. The van der Waals surface area contributed by atoms with E-state index >= 15 is 0 Å². The molecule has 2 atom stereocenters. The highest BCUT2D eigenvalue weighted by atomic mass is 19.1. The van der Waals surface area contributed by atoms with Gasteiger partial charge in [-0.05, 0) is 51.5 Å². The Bertz CT molecular complexity index is 948. The molecule has 0 saturated carbocycles. The molecule has 3 rings (SSSR count). The van der Waals surface area contributed by atoms with Gasteiger partial charge in [-0.1, -0.05) is 18.2 Å². The molecular formula is C22H26FN3O5. The topological polar surface area (TPSA) is 96.2 Å². The van der Waals surface area contributed by atoms with Crippen molar-refractivity contribution in [3.05, 3.63) is 64.5 Å². The first-order valence-electron chi connectivity index (χ1n) is 10.0. The molecule has 1 fully saturated rings. The highest BCUT2D eigenvalue weighted by Crippen LogP contribution is 2.38. The summed E-state index contributed by atoms with van der Waals surface area (Å²) in [7, 11) is 0. The molecule has 0 aromatic heterocycles. The molecule has 2 aromatic carbocycles. The number of benzene rings is 2. The minimum Gasteiger partial charge on any atom is -0.444 e. The van der Waals surface area contributed by atoms with Gasteiger partial charge < -0.3 is 19.6 Å². The number of hydrogen-bond donors (Lipinski definition) is 1. The number of para-hydroxylation sites is 1. The minimum atomic E-state index is -1.01. The van der Waals surface area contributed by atoms with Gasteiger partial charge in [0.15, 0.2) is 0 Å². The number of hydrogen-bond acceptors (Lipinski definition) is 6. The molecule has 2 aromatic rings. The molecular weight excluding hydrogens is 405 g/mol. The number of β-amino-alcohol motifs (C(OH)–C–C–N with tert-alkyl or cyclic N) is 1. The maximum Gasteiger partial charge on any atom is 0.410 e. The van der Waals surface area contributed by atoms with E-state index in [0.29, 0.717) is 18.7 Å². The number of aliphatic hydroxyl groups excluding tert-OH is 1. The molecule has 0 spiro atoms. The minimum absolute atomic E-state index is 0.0118. The molecule has 1 amide bonds. The first-order valence-corrected chi connectivity index (χ1v) is 10.0.